The van der Waals surface area contributed by atoms with Crippen LogP contribution in [-0.4, -0.2) is 49.4 Å². The van der Waals surface area contributed by atoms with Crippen molar-refractivity contribution in [2.45, 2.75) is 26.7 Å². The molecule has 1 unspecified atom stereocenters. The molecule has 0 radical (unpaired) electrons. The zero-order valence-corrected chi connectivity index (χ0v) is 15.2. The summed E-state index contributed by atoms with van der Waals surface area (Å²) in [4.78, 5) is 29.1. The summed E-state index contributed by atoms with van der Waals surface area (Å²) in [5.74, 6) is -0.545. The van der Waals surface area contributed by atoms with Crippen LogP contribution in [0.15, 0.2) is 18.2 Å². The lowest BCUT2D eigenvalue weighted by molar-refractivity contribution is -0.139. The van der Waals surface area contributed by atoms with E-state index in [0.717, 1.165) is 42.9 Å². The molecule has 0 aromatic heterocycles. The van der Waals surface area contributed by atoms with Gasteiger partial charge in [-0.05, 0) is 56.5 Å². The summed E-state index contributed by atoms with van der Waals surface area (Å²) < 4.78 is 0. The molecule has 2 fully saturated rings. The number of hydrogen-bond acceptors (Lipinski definition) is 3. The van der Waals surface area contributed by atoms with Crippen LogP contribution in [0.5, 0.6) is 0 Å². The Morgan fingerprint density at radius 3 is 2.50 bits per heavy atom. The topological polar surface area (TPSA) is 52.7 Å². The van der Waals surface area contributed by atoms with Crippen LogP contribution >= 0.6 is 12.4 Å². The molecule has 1 aromatic carbocycles. The Balaban J connectivity index is 0.00000208. The average Bonchev–Trinajstić information content (AvgIpc) is 2.72. The lowest BCUT2D eigenvalue weighted by atomic mass is 10.1. The largest absolute Gasteiger partial charge is 0.341 e. The van der Waals surface area contributed by atoms with Crippen molar-refractivity contribution in [1.29, 1.82) is 0 Å². The van der Waals surface area contributed by atoms with E-state index in [1.807, 2.05) is 30.9 Å². The van der Waals surface area contributed by atoms with Gasteiger partial charge in [-0.15, -0.1) is 12.4 Å². The second-order valence-electron chi connectivity index (χ2n) is 6.61. The first-order valence-corrected chi connectivity index (χ1v) is 8.45. The third kappa shape index (κ3) is 3.90. The molecule has 2 amide bonds. The van der Waals surface area contributed by atoms with Gasteiger partial charge in [0, 0.05) is 31.9 Å². The van der Waals surface area contributed by atoms with E-state index in [9.17, 15) is 9.59 Å². The van der Waals surface area contributed by atoms with Crippen molar-refractivity contribution in [3.05, 3.63) is 29.3 Å². The molecule has 2 heterocycles. The van der Waals surface area contributed by atoms with Crippen LogP contribution in [0.25, 0.3) is 0 Å². The quantitative estimate of drug-likeness (QED) is 0.828. The highest BCUT2D eigenvalue weighted by atomic mass is 35.5. The van der Waals surface area contributed by atoms with Crippen molar-refractivity contribution in [1.82, 2.24) is 10.2 Å². The zero-order chi connectivity index (χ0) is 16.4. The fourth-order valence-electron chi connectivity index (χ4n) is 3.56. The summed E-state index contributed by atoms with van der Waals surface area (Å²) in [6.07, 6.45) is 1.57. The summed E-state index contributed by atoms with van der Waals surface area (Å²) in [5, 5.41) is 3.29. The number of anilines is 1. The number of nitrogens with one attached hydrogen (secondary N) is 1. The van der Waals surface area contributed by atoms with E-state index in [1.54, 1.807) is 4.90 Å². The molecule has 1 aromatic rings. The van der Waals surface area contributed by atoms with E-state index in [1.165, 1.54) is 0 Å². The van der Waals surface area contributed by atoms with E-state index in [2.05, 4.69) is 11.4 Å². The summed E-state index contributed by atoms with van der Waals surface area (Å²) in [6, 6.07) is 6.14. The minimum Gasteiger partial charge on any atom is -0.341 e. The zero-order valence-electron chi connectivity index (χ0n) is 14.4. The van der Waals surface area contributed by atoms with Crippen LogP contribution in [0, 0.1) is 19.8 Å². The Bertz CT molecular complexity index is 592. The first-order valence-electron chi connectivity index (χ1n) is 8.45. The van der Waals surface area contributed by atoms with Crippen molar-refractivity contribution >= 4 is 29.9 Å². The van der Waals surface area contributed by atoms with Gasteiger partial charge in [0.15, 0.2) is 0 Å². The Labute approximate surface area is 149 Å². The molecular weight excluding hydrogens is 326 g/mol. The number of aryl methyl sites for hydroxylation is 2. The van der Waals surface area contributed by atoms with Crippen LogP contribution in [0.3, 0.4) is 0 Å². The molecule has 24 heavy (non-hydrogen) atoms. The molecule has 5 nitrogen and oxygen atoms in total. The number of rotatable bonds is 2. The van der Waals surface area contributed by atoms with Crippen molar-refractivity contribution in [2.24, 2.45) is 5.92 Å². The highest BCUT2D eigenvalue weighted by Gasteiger charge is 2.39. The first kappa shape index (κ1) is 18.7. The average molecular weight is 352 g/mol. The van der Waals surface area contributed by atoms with Gasteiger partial charge in [0.1, 0.15) is 5.92 Å². The second-order valence-corrected chi connectivity index (χ2v) is 6.61. The fourth-order valence-corrected chi connectivity index (χ4v) is 3.56. The van der Waals surface area contributed by atoms with E-state index in [-0.39, 0.29) is 24.2 Å². The first-order chi connectivity index (χ1) is 11.1. The van der Waals surface area contributed by atoms with Crippen LogP contribution in [0.2, 0.25) is 0 Å². The van der Waals surface area contributed by atoms with E-state index >= 15 is 0 Å². The normalized spacial score (nSPS) is 21.4. The number of carbonyl (C=O) groups is 2. The maximum Gasteiger partial charge on any atom is 0.239 e. The van der Waals surface area contributed by atoms with E-state index in [4.69, 9.17) is 0 Å². The molecule has 0 bridgehead atoms. The van der Waals surface area contributed by atoms with Crippen LogP contribution in [0.1, 0.15) is 24.0 Å². The van der Waals surface area contributed by atoms with Crippen molar-refractivity contribution in [3.63, 3.8) is 0 Å². The van der Waals surface area contributed by atoms with Crippen LogP contribution in [-0.2, 0) is 9.59 Å². The number of nitrogens with zero attached hydrogens (tertiary/aromatic N) is 2. The smallest absolute Gasteiger partial charge is 0.239 e. The number of benzene rings is 1. The van der Waals surface area contributed by atoms with Gasteiger partial charge in [-0.2, -0.15) is 0 Å². The maximum atomic E-state index is 12.8. The molecule has 2 aliphatic heterocycles. The van der Waals surface area contributed by atoms with Gasteiger partial charge in [0.05, 0.1) is 0 Å². The van der Waals surface area contributed by atoms with Gasteiger partial charge in [-0.1, -0.05) is 6.07 Å². The minimum absolute atomic E-state index is 0. The summed E-state index contributed by atoms with van der Waals surface area (Å²) in [5.41, 5.74) is 3.20. The molecule has 132 valence electrons. The molecular formula is C18H26ClN3O2. The standard InChI is InChI=1S/C18H25N3O2.ClH/c1-13-10-14(2)12-15(11-13)21-8-4-16(18(21)23)17(22)20-7-3-5-19-6-9-20;/h10-12,16,19H,3-9H2,1-2H3;1H. The van der Waals surface area contributed by atoms with Gasteiger partial charge < -0.3 is 15.1 Å². The maximum absolute atomic E-state index is 12.8. The Kier molecular flexibility index (Phi) is 6.24. The lowest BCUT2D eigenvalue weighted by Crippen LogP contribution is -2.41. The summed E-state index contributed by atoms with van der Waals surface area (Å²) in [6.45, 7) is 7.90. The van der Waals surface area contributed by atoms with E-state index < -0.39 is 5.92 Å². The predicted molar refractivity (Wildman–Crippen MR) is 97.7 cm³/mol. The highest BCUT2D eigenvalue weighted by molar-refractivity contribution is 6.09. The molecule has 6 heteroatoms. The summed E-state index contributed by atoms with van der Waals surface area (Å²) >= 11 is 0. The Hall–Kier alpha value is -1.59. The number of halogens is 1. The van der Waals surface area contributed by atoms with Crippen LogP contribution in [0.4, 0.5) is 5.69 Å². The number of amides is 2. The van der Waals surface area contributed by atoms with Gasteiger partial charge in [-0.25, -0.2) is 0 Å². The number of carbonyl (C=O) groups excluding carboxylic acids is 2. The lowest BCUT2D eigenvalue weighted by Gasteiger charge is -2.23. The van der Waals surface area contributed by atoms with Gasteiger partial charge in [-0.3, -0.25) is 9.59 Å². The molecule has 1 atom stereocenters. The molecule has 2 aliphatic rings. The third-order valence-electron chi connectivity index (χ3n) is 4.67. The number of hydrogen-bond donors (Lipinski definition) is 1. The minimum atomic E-state index is -0.506. The molecule has 2 saturated heterocycles. The van der Waals surface area contributed by atoms with E-state index in [0.29, 0.717) is 19.5 Å². The highest BCUT2D eigenvalue weighted by Crippen LogP contribution is 2.28. The van der Waals surface area contributed by atoms with Crippen molar-refractivity contribution < 1.29 is 9.59 Å². The van der Waals surface area contributed by atoms with Gasteiger partial charge in [0.2, 0.25) is 11.8 Å². The molecule has 0 saturated carbocycles. The molecule has 0 aliphatic carbocycles. The molecule has 3 rings (SSSR count). The Morgan fingerprint density at radius 2 is 1.79 bits per heavy atom. The monoisotopic (exact) mass is 351 g/mol. The summed E-state index contributed by atoms with van der Waals surface area (Å²) in [7, 11) is 0. The third-order valence-corrected chi connectivity index (χ3v) is 4.67. The molecule has 1 N–H and O–H groups in total. The van der Waals surface area contributed by atoms with Gasteiger partial charge in [0.25, 0.3) is 0 Å². The van der Waals surface area contributed by atoms with Gasteiger partial charge >= 0.3 is 0 Å². The Morgan fingerprint density at radius 1 is 1.08 bits per heavy atom. The second kappa shape index (κ2) is 7.99. The fraction of sp³-hybridized carbons (Fsp3) is 0.556. The molecule has 0 spiro atoms. The van der Waals surface area contributed by atoms with Crippen molar-refractivity contribution in [2.75, 3.05) is 37.6 Å². The van der Waals surface area contributed by atoms with Crippen LogP contribution < -0.4 is 10.2 Å². The SMILES string of the molecule is Cc1cc(C)cc(N2CCC(C(=O)N3CCCNCC3)C2=O)c1.Cl. The predicted octanol–water partition coefficient (Wildman–Crippen LogP) is 1.90. The van der Waals surface area contributed by atoms with Crippen molar-refractivity contribution in [3.8, 4) is 0 Å².